The van der Waals surface area contributed by atoms with Crippen LogP contribution in [-0.2, 0) is 12.8 Å². The van der Waals surface area contributed by atoms with E-state index in [0.717, 1.165) is 29.0 Å². The smallest absolute Gasteiger partial charge is 0.128 e. The quantitative estimate of drug-likeness (QED) is 0.928. The van der Waals surface area contributed by atoms with Crippen molar-refractivity contribution in [1.82, 2.24) is 0 Å². The molecule has 0 amide bonds. The molecule has 20 heavy (non-hydrogen) atoms. The van der Waals surface area contributed by atoms with Crippen LogP contribution in [0, 0.1) is 0 Å². The van der Waals surface area contributed by atoms with Crippen LogP contribution in [0.25, 0.3) is 0 Å². The Morgan fingerprint density at radius 3 is 2.90 bits per heavy atom. The molecule has 0 saturated carbocycles. The molecule has 1 atom stereocenters. The van der Waals surface area contributed by atoms with E-state index >= 15 is 0 Å². The predicted octanol–water partition coefficient (Wildman–Crippen LogP) is 2.91. The number of aliphatic hydroxyl groups is 1. The van der Waals surface area contributed by atoms with E-state index in [9.17, 15) is 5.11 Å². The number of hydrogen-bond acceptors (Lipinski definition) is 3. The number of rotatable bonds is 4. The van der Waals surface area contributed by atoms with Crippen LogP contribution in [-0.4, -0.2) is 18.8 Å². The zero-order valence-electron chi connectivity index (χ0n) is 11.5. The number of aliphatic hydroxyl groups excluding tert-OH is 1. The van der Waals surface area contributed by atoms with Gasteiger partial charge in [0.25, 0.3) is 0 Å². The fourth-order valence-electron chi connectivity index (χ4n) is 2.69. The lowest BCUT2D eigenvalue weighted by Gasteiger charge is -2.16. The Kier molecular flexibility index (Phi) is 3.61. The molecular formula is C17H18O3. The second-order valence-electron chi connectivity index (χ2n) is 4.97. The minimum atomic E-state index is -0.584. The van der Waals surface area contributed by atoms with E-state index < -0.39 is 6.10 Å². The third-order valence-electron chi connectivity index (χ3n) is 3.71. The van der Waals surface area contributed by atoms with E-state index in [1.165, 1.54) is 5.56 Å². The molecule has 1 aliphatic heterocycles. The Labute approximate surface area is 118 Å². The number of hydrogen-bond donors (Lipinski definition) is 1. The molecule has 0 aromatic heterocycles. The van der Waals surface area contributed by atoms with Crippen LogP contribution in [0.4, 0.5) is 0 Å². The zero-order valence-corrected chi connectivity index (χ0v) is 11.5. The molecule has 0 aliphatic carbocycles. The first-order chi connectivity index (χ1) is 9.79. The Morgan fingerprint density at radius 2 is 2.05 bits per heavy atom. The third-order valence-corrected chi connectivity index (χ3v) is 3.71. The molecule has 2 aromatic carbocycles. The first-order valence-corrected chi connectivity index (χ1v) is 6.84. The fraction of sp³-hybridized carbons (Fsp3) is 0.294. The molecule has 104 valence electrons. The maximum absolute atomic E-state index is 10.5. The lowest BCUT2D eigenvalue weighted by molar-refractivity contribution is 0.172. The predicted molar refractivity (Wildman–Crippen MR) is 77.3 cm³/mol. The van der Waals surface area contributed by atoms with E-state index in [1.54, 1.807) is 7.11 Å². The number of para-hydroxylation sites is 2. The topological polar surface area (TPSA) is 38.7 Å². The maximum Gasteiger partial charge on any atom is 0.128 e. The van der Waals surface area contributed by atoms with E-state index in [2.05, 4.69) is 6.07 Å². The van der Waals surface area contributed by atoms with Crippen LogP contribution in [0.1, 0.15) is 22.8 Å². The molecule has 0 bridgehead atoms. The van der Waals surface area contributed by atoms with Gasteiger partial charge in [0.05, 0.1) is 19.8 Å². The average Bonchev–Trinajstić information content (AvgIpc) is 2.96. The lowest BCUT2D eigenvalue weighted by Crippen LogP contribution is -2.05. The molecule has 0 saturated heterocycles. The molecule has 0 fully saturated rings. The van der Waals surface area contributed by atoms with Crippen molar-refractivity contribution < 1.29 is 14.6 Å². The second-order valence-corrected chi connectivity index (χ2v) is 4.97. The monoisotopic (exact) mass is 270 g/mol. The van der Waals surface area contributed by atoms with Crippen molar-refractivity contribution in [1.29, 1.82) is 0 Å². The van der Waals surface area contributed by atoms with E-state index in [1.807, 2.05) is 36.4 Å². The van der Waals surface area contributed by atoms with Gasteiger partial charge in [0.1, 0.15) is 11.5 Å². The van der Waals surface area contributed by atoms with Gasteiger partial charge in [0, 0.05) is 18.4 Å². The first kappa shape index (κ1) is 13.0. The molecule has 3 heteroatoms. The molecule has 2 aromatic rings. The van der Waals surface area contributed by atoms with E-state index in [0.29, 0.717) is 13.0 Å². The number of ether oxygens (including phenoxy) is 2. The van der Waals surface area contributed by atoms with Gasteiger partial charge in [-0.1, -0.05) is 36.4 Å². The van der Waals surface area contributed by atoms with Crippen LogP contribution < -0.4 is 9.47 Å². The van der Waals surface area contributed by atoms with Crippen molar-refractivity contribution in [2.24, 2.45) is 0 Å². The van der Waals surface area contributed by atoms with Gasteiger partial charge in [-0.15, -0.1) is 0 Å². The van der Waals surface area contributed by atoms with Crippen molar-refractivity contribution in [2.45, 2.75) is 18.9 Å². The van der Waals surface area contributed by atoms with Gasteiger partial charge in [-0.3, -0.25) is 0 Å². The summed E-state index contributed by atoms with van der Waals surface area (Å²) in [5.74, 6) is 1.66. The Balaban J connectivity index is 1.87. The molecule has 3 nitrogen and oxygen atoms in total. The Bertz CT molecular complexity index is 607. The second kappa shape index (κ2) is 5.55. The van der Waals surface area contributed by atoms with E-state index in [4.69, 9.17) is 9.47 Å². The summed E-state index contributed by atoms with van der Waals surface area (Å²) < 4.78 is 11.0. The van der Waals surface area contributed by atoms with Crippen LogP contribution in [0.2, 0.25) is 0 Å². The standard InChI is InChI=1S/C17H18O3/c1-19-16-8-3-2-5-13(16)11-15(18)14-7-4-6-12-9-10-20-17(12)14/h2-8,15,18H,9-11H2,1H3. The number of fused-ring (bicyclic) bond motifs is 1. The van der Waals surface area contributed by atoms with Crippen molar-refractivity contribution in [2.75, 3.05) is 13.7 Å². The van der Waals surface area contributed by atoms with Gasteiger partial charge >= 0.3 is 0 Å². The van der Waals surface area contributed by atoms with Crippen LogP contribution in [0.15, 0.2) is 42.5 Å². The Morgan fingerprint density at radius 1 is 1.20 bits per heavy atom. The summed E-state index contributed by atoms with van der Waals surface area (Å²) in [7, 11) is 1.65. The third kappa shape index (κ3) is 2.37. The molecule has 1 N–H and O–H groups in total. The number of benzene rings is 2. The molecule has 3 rings (SSSR count). The summed E-state index contributed by atoms with van der Waals surface area (Å²) in [6.45, 7) is 0.702. The summed E-state index contributed by atoms with van der Waals surface area (Å²) in [5.41, 5.74) is 3.05. The highest BCUT2D eigenvalue weighted by Gasteiger charge is 2.21. The van der Waals surface area contributed by atoms with E-state index in [-0.39, 0.29) is 0 Å². The summed E-state index contributed by atoms with van der Waals surface area (Å²) in [5, 5.41) is 10.5. The van der Waals surface area contributed by atoms with Gasteiger partial charge in [0.2, 0.25) is 0 Å². The van der Waals surface area contributed by atoms with Gasteiger partial charge < -0.3 is 14.6 Å². The zero-order chi connectivity index (χ0) is 13.9. The summed E-state index contributed by atoms with van der Waals surface area (Å²) in [4.78, 5) is 0. The average molecular weight is 270 g/mol. The molecular weight excluding hydrogens is 252 g/mol. The lowest BCUT2D eigenvalue weighted by atomic mass is 9.98. The maximum atomic E-state index is 10.5. The highest BCUT2D eigenvalue weighted by molar-refractivity contribution is 5.46. The van der Waals surface area contributed by atoms with Crippen molar-refractivity contribution in [3.8, 4) is 11.5 Å². The highest BCUT2D eigenvalue weighted by Crippen LogP contribution is 2.35. The minimum Gasteiger partial charge on any atom is -0.496 e. The minimum absolute atomic E-state index is 0.518. The largest absolute Gasteiger partial charge is 0.496 e. The Hall–Kier alpha value is -2.00. The first-order valence-electron chi connectivity index (χ1n) is 6.84. The molecule has 0 spiro atoms. The van der Waals surface area contributed by atoms with Gasteiger partial charge in [-0.05, 0) is 17.2 Å². The summed E-state index contributed by atoms with van der Waals surface area (Å²) in [6, 6.07) is 13.7. The fourth-order valence-corrected chi connectivity index (χ4v) is 2.69. The molecule has 1 heterocycles. The summed E-state index contributed by atoms with van der Waals surface area (Å²) in [6.07, 6.45) is 0.855. The van der Waals surface area contributed by atoms with Crippen LogP contribution in [0.3, 0.4) is 0 Å². The summed E-state index contributed by atoms with van der Waals surface area (Å²) >= 11 is 0. The van der Waals surface area contributed by atoms with Gasteiger partial charge in [-0.2, -0.15) is 0 Å². The van der Waals surface area contributed by atoms with Crippen LogP contribution >= 0.6 is 0 Å². The normalized spacial score (nSPS) is 14.5. The highest BCUT2D eigenvalue weighted by atomic mass is 16.5. The van der Waals surface area contributed by atoms with Crippen molar-refractivity contribution in [3.63, 3.8) is 0 Å². The molecule has 1 aliphatic rings. The van der Waals surface area contributed by atoms with Crippen molar-refractivity contribution in [3.05, 3.63) is 59.2 Å². The van der Waals surface area contributed by atoms with Crippen LogP contribution in [0.5, 0.6) is 11.5 Å². The van der Waals surface area contributed by atoms with Gasteiger partial charge in [0.15, 0.2) is 0 Å². The SMILES string of the molecule is COc1ccccc1CC(O)c1cccc2c1OCC2. The number of methoxy groups -OCH3 is 1. The van der Waals surface area contributed by atoms with Crippen molar-refractivity contribution >= 4 is 0 Å². The molecule has 1 unspecified atom stereocenters. The molecule has 0 radical (unpaired) electrons. The van der Waals surface area contributed by atoms with Gasteiger partial charge in [-0.25, -0.2) is 0 Å².